The van der Waals surface area contributed by atoms with E-state index in [1.807, 2.05) is 24.3 Å². The summed E-state index contributed by atoms with van der Waals surface area (Å²) in [4.78, 5) is 11.9. The van der Waals surface area contributed by atoms with Gasteiger partial charge in [-0.3, -0.25) is 4.57 Å². The number of rotatable bonds is 1. The topological polar surface area (TPSA) is 61.2 Å². The van der Waals surface area contributed by atoms with Gasteiger partial charge in [-0.05, 0) is 37.8 Å². The van der Waals surface area contributed by atoms with Gasteiger partial charge in [0, 0.05) is 12.1 Å². The van der Waals surface area contributed by atoms with Gasteiger partial charge in [0.15, 0.2) is 5.58 Å². The van der Waals surface area contributed by atoms with E-state index < -0.39 is 0 Å². The lowest BCUT2D eigenvalue weighted by Crippen LogP contribution is -2.30. The Labute approximate surface area is 99.0 Å². The zero-order valence-electron chi connectivity index (χ0n) is 9.63. The largest absolute Gasteiger partial charge is 0.420 e. The molecule has 4 heteroatoms. The van der Waals surface area contributed by atoms with Crippen molar-refractivity contribution in [1.82, 2.24) is 4.57 Å². The number of hydrogen-bond donors (Lipinski definition) is 1. The summed E-state index contributed by atoms with van der Waals surface area (Å²) >= 11 is 0. The molecule has 0 aliphatic heterocycles. The summed E-state index contributed by atoms with van der Waals surface area (Å²) in [5.74, 6) is -0.244. The number of nitrogens with zero attached hydrogens (tertiary/aromatic N) is 1. The Kier molecular flexibility index (Phi) is 2.52. The van der Waals surface area contributed by atoms with Crippen LogP contribution in [-0.4, -0.2) is 10.6 Å². The summed E-state index contributed by atoms with van der Waals surface area (Å²) in [5.41, 5.74) is 7.46. The first-order valence-corrected chi connectivity index (χ1v) is 6.11. The van der Waals surface area contributed by atoms with Gasteiger partial charge in [-0.1, -0.05) is 12.1 Å². The van der Waals surface area contributed by atoms with Gasteiger partial charge in [0.2, 0.25) is 0 Å². The molecule has 0 bridgehead atoms. The minimum absolute atomic E-state index is 0.242. The predicted molar refractivity (Wildman–Crippen MR) is 66.0 cm³/mol. The van der Waals surface area contributed by atoms with Crippen LogP contribution in [0.25, 0.3) is 11.1 Å². The molecule has 0 spiro atoms. The Hall–Kier alpha value is -1.55. The number of fused-ring (bicyclic) bond motifs is 1. The first kappa shape index (κ1) is 10.6. The molecule has 2 N–H and O–H groups in total. The predicted octanol–water partition coefficient (Wildman–Crippen LogP) is 2.04. The first-order valence-electron chi connectivity index (χ1n) is 6.11. The summed E-state index contributed by atoms with van der Waals surface area (Å²) in [7, 11) is 0. The van der Waals surface area contributed by atoms with Crippen LogP contribution in [0.2, 0.25) is 0 Å². The lowest BCUT2D eigenvalue weighted by atomic mass is 9.91. The van der Waals surface area contributed by atoms with Gasteiger partial charge in [-0.25, -0.2) is 4.79 Å². The third kappa shape index (κ3) is 1.78. The maximum atomic E-state index is 11.9. The molecule has 1 heterocycles. The molecule has 90 valence electrons. The van der Waals surface area contributed by atoms with Crippen LogP contribution >= 0.6 is 0 Å². The van der Waals surface area contributed by atoms with Gasteiger partial charge in [0.05, 0.1) is 5.52 Å². The Balaban J connectivity index is 2.05. The fraction of sp³-hybridized carbons (Fsp3) is 0.462. The van der Waals surface area contributed by atoms with E-state index in [-0.39, 0.29) is 11.8 Å². The molecule has 1 saturated carbocycles. The molecule has 1 aliphatic carbocycles. The van der Waals surface area contributed by atoms with Gasteiger partial charge < -0.3 is 10.2 Å². The van der Waals surface area contributed by atoms with Crippen LogP contribution in [-0.2, 0) is 0 Å². The fourth-order valence-corrected chi connectivity index (χ4v) is 2.69. The van der Waals surface area contributed by atoms with Crippen molar-refractivity contribution in [2.45, 2.75) is 37.8 Å². The van der Waals surface area contributed by atoms with E-state index in [9.17, 15) is 4.79 Å². The molecular weight excluding hydrogens is 216 g/mol. The average Bonchev–Trinajstić information content (AvgIpc) is 2.66. The summed E-state index contributed by atoms with van der Waals surface area (Å²) in [6.07, 6.45) is 3.89. The lowest BCUT2D eigenvalue weighted by Gasteiger charge is -2.26. The fourth-order valence-electron chi connectivity index (χ4n) is 2.69. The molecule has 1 aromatic heterocycles. The normalized spacial score (nSPS) is 25.2. The number of para-hydroxylation sites is 2. The second-order valence-electron chi connectivity index (χ2n) is 4.77. The van der Waals surface area contributed by atoms with E-state index in [1.54, 1.807) is 4.57 Å². The quantitative estimate of drug-likeness (QED) is 0.818. The molecule has 0 saturated heterocycles. The Morgan fingerprint density at radius 2 is 1.88 bits per heavy atom. The monoisotopic (exact) mass is 232 g/mol. The van der Waals surface area contributed by atoms with E-state index in [4.69, 9.17) is 10.2 Å². The maximum Gasteiger partial charge on any atom is 0.420 e. The standard InChI is InChI=1S/C13H16N2O2/c14-9-5-7-10(8-6-9)15-11-3-1-2-4-12(11)17-13(15)16/h1-4,9-10H,5-8,14H2. The van der Waals surface area contributed by atoms with Gasteiger partial charge in [0.25, 0.3) is 0 Å². The third-order valence-corrected chi connectivity index (χ3v) is 3.63. The molecule has 17 heavy (non-hydrogen) atoms. The number of benzene rings is 1. The zero-order valence-corrected chi connectivity index (χ0v) is 9.63. The summed E-state index contributed by atoms with van der Waals surface area (Å²) in [6, 6.07) is 8.12. The molecular formula is C13H16N2O2. The van der Waals surface area contributed by atoms with Gasteiger partial charge in [-0.15, -0.1) is 0 Å². The summed E-state index contributed by atoms with van der Waals surface area (Å²) in [5, 5.41) is 0. The van der Waals surface area contributed by atoms with Crippen molar-refractivity contribution >= 4 is 11.1 Å². The van der Waals surface area contributed by atoms with E-state index in [2.05, 4.69) is 0 Å². The van der Waals surface area contributed by atoms with Gasteiger partial charge >= 0.3 is 5.76 Å². The molecule has 1 fully saturated rings. The molecule has 0 radical (unpaired) electrons. The van der Waals surface area contributed by atoms with Crippen LogP contribution in [0.1, 0.15) is 31.7 Å². The third-order valence-electron chi connectivity index (χ3n) is 3.63. The number of hydrogen-bond acceptors (Lipinski definition) is 3. The number of nitrogens with two attached hydrogens (primary N) is 1. The summed E-state index contributed by atoms with van der Waals surface area (Å²) in [6.45, 7) is 0. The second-order valence-corrected chi connectivity index (χ2v) is 4.77. The van der Waals surface area contributed by atoms with Crippen molar-refractivity contribution in [1.29, 1.82) is 0 Å². The Morgan fingerprint density at radius 3 is 2.65 bits per heavy atom. The number of oxazole rings is 1. The van der Waals surface area contributed by atoms with Crippen molar-refractivity contribution in [2.75, 3.05) is 0 Å². The van der Waals surface area contributed by atoms with Crippen molar-refractivity contribution in [3.63, 3.8) is 0 Å². The highest BCUT2D eigenvalue weighted by Crippen LogP contribution is 2.29. The highest BCUT2D eigenvalue weighted by molar-refractivity contribution is 5.72. The van der Waals surface area contributed by atoms with E-state index in [1.165, 1.54) is 0 Å². The lowest BCUT2D eigenvalue weighted by molar-refractivity contribution is 0.311. The summed E-state index contributed by atoms with van der Waals surface area (Å²) < 4.78 is 7.05. The molecule has 0 unspecified atom stereocenters. The molecule has 0 amide bonds. The van der Waals surface area contributed by atoms with Crippen LogP contribution in [0.3, 0.4) is 0 Å². The Morgan fingerprint density at radius 1 is 1.18 bits per heavy atom. The van der Waals surface area contributed by atoms with Crippen molar-refractivity contribution in [2.24, 2.45) is 5.73 Å². The highest BCUT2D eigenvalue weighted by atomic mass is 16.4. The molecule has 0 atom stereocenters. The van der Waals surface area contributed by atoms with Crippen LogP contribution in [0, 0.1) is 0 Å². The molecule has 3 rings (SSSR count). The van der Waals surface area contributed by atoms with Crippen molar-refractivity contribution in [3.05, 3.63) is 34.8 Å². The van der Waals surface area contributed by atoms with Crippen LogP contribution in [0.5, 0.6) is 0 Å². The van der Waals surface area contributed by atoms with Gasteiger partial charge in [-0.2, -0.15) is 0 Å². The minimum atomic E-state index is -0.244. The van der Waals surface area contributed by atoms with Crippen LogP contribution in [0.4, 0.5) is 0 Å². The molecule has 2 aromatic rings. The van der Waals surface area contributed by atoms with E-state index in [0.29, 0.717) is 11.6 Å². The Bertz CT molecular complexity index is 576. The average molecular weight is 232 g/mol. The zero-order chi connectivity index (χ0) is 11.8. The molecule has 4 nitrogen and oxygen atoms in total. The van der Waals surface area contributed by atoms with Crippen molar-refractivity contribution < 1.29 is 4.42 Å². The van der Waals surface area contributed by atoms with E-state index >= 15 is 0 Å². The first-order chi connectivity index (χ1) is 8.25. The molecule has 1 aromatic carbocycles. The SMILES string of the molecule is NC1CCC(n2c(=O)oc3ccccc32)CC1. The highest BCUT2D eigenvalue weighted by Gasteiger charge is 2.23. The van der Waals surface area contributed by atoms with Gasteiger partial charge in [0.1, 0.15) is 0 Å². The smallest absolute Gasteiger partial charge is 0.408 e. The minimum Gasteiger partial charge on any atom is -0.408 e. The second kappa shape index (κ2) is 4.04. The van der Waals surface area contributed by atoms with Crippen LogP contribution in [0.15, 0.2) is 33.5 Å². The maximum absolute atomic E-state index is 11.9. The number of aromatic nitrogens is 1. The van der Waals surface area contributed by atoms with Crippen LogP contribution < -0.4 is 11.5 Å². The molecule has 1 aliphatic rings. The van der Waals surface area contributed by atoms with E-state index in [0.717, 1.165) is 31.2 Å². The van der Waals surface area contributed by atoms with Crippen molar-refractivity contribution in [3.8, 4) is 0 Å².